The highest BCUT2D eigenvalue weighted by atomic mass is 32.1. The second-order valence-electron chi connectivity index (χ2n) is 18.9. The molecule has 4 heterocycles. The minimum atomic E-state index is -0.816. The van der Waals surface area contributed by atoms with Gasteiger partial charge in [0, 0.05) is 49.0 Å². The summed E-state index contributed by atoms with van der Waals surface area (Å²) < 4.78 is 15.5. The Morgan fingerprint density at radius 3 is 2.56 bits per heavy atom. The van der Waals surface area contributed by atoms with E-state index >= 15 is 0 Å². The molecule has 2 aliphatic heterocycles. The van der Waals surface area contributed by atoms with Gasteiger partial charge in [-0.25, -0.2) is 9.98 Å². The average Bonchev–Trinajstić information content (AvgIpc) is 3.74. The van der Waals surface area contributed by atoms with E-state index in [2.05, 4.69) is 47.8 Å². The van der Waals surface area contributed by atoms with Crippen LogP contribution in [-0.2, 0) is 16.0 Å². The number of benzene rings is 1. The van der Waals surface area contributed by atoms with E-state index in [4.69, 9.17) is 20.3 Å². The van der Waals surface area contributed by atoms with Gasteiger partial charge in [-0.15, -0.1) is 0 Å². The second-order valence-corrected chi connectivity index (χ2v) is 20.0. The molecule has 4 bridgehead atoms. The number of quaternary nitrogens is 1. The van der Waals surface area contributed by atoms with E-state index in [0.717, 1.165) is 110 Å². The number of methoxy groups -OCH3 is 1. The largest absolute Gasteiger partial charge is 0.480 e. The molecule has 0 spiro atoms. The fourth-order valence-corrected chi connectivity index (χ4v) is 13.0. The Kier molecular flexibility index (Phi) is 11.1. The van der Waals surface area contributed by atoms with Crippen molar-refractivity contribution in [2.45, 2.75) is 97.6 Å². The maximum absolute atomic E-state index is 10.7. The summed E-state index contributed by atoms with van der Waals surface area (Å²) in [6, 6.07) is 7.89. The molecule has 5 fully saturated rings. The number of thiazole rings is 1. The Bertz CT molecular complexity index is 2230. The summed E-state index contributed by atoms with van der Waals surface area (Å²) in [7, 11) is 4.01. The van der Waals surface area contributed by atoms with Crippen LogP contribution >= 0.6 is 11.3 Å². The van der Waals surface area contributed by atoms with Crippen molar-refractivity contribution >= 4 is 43.9 Å². The Morgan fingerprint density at radius 1 is 1.07 bits per heavy atom. The molecule has 14 heteroatoms. The quantitative estimate of drug-likeness (QED) is 0.0449. The molecule has 3 unspecified atom stereocenters. The fourth-order valence-electron chi connectivity index (χ4n) is 12.1. The van der Waals surface area contributed by atoms with Crippen LogP contribution in [0.4, 0.5) is 5.13 Å². The van der Waals surface area contributed by atoms with Crippen molar-refractivity contribution in [3.05, 3.63) is 82.5 Å². The van der Waals surface area contributed by atoms with E-state index in [1.807, 2.05) is 54.4 Å². The zero-order valence-electron chi connectivity index (χ0n) is 35.6. The van der Waals surface area contributed by atoms with Crippen molar-refractivity contribution in [3.8, 4) is 0 Å². The van der Waals surface area contributed by atoms with E-state index in [1.165, 1.54) is 22.7 Å². The van der Waals surface area contributed by atoms with Gasteiger partial charge >= 0.3 is 0 Å². The van der Waals surface area contributed by atoms with Crippen molar-refractivity contribution in [1.82, 2.24) is 25.0 Å². The van der Waals surface area contributed by atoms with Gasteiger partial charge in [-0.2, -0.15) is 5.10 Å². The second kappa shape index (κ2) is 15.8. The third-order valence-corrected chi connectivity index (χ3v) is 14.5. The molecule has 4 aliphatic carbocycles. The summed E-state index contributed by atoms with van der Waals surface area (Å²) in [5, 5.41) is 39.4. The van der Waals surface area contributed by atoms with Crippen molar-refractivity contribution < 1.29 is 24.6 Å². The van der Waals surface area contributed by atoms with Crippen LogP contribution in [0.5, 0.6) is 0 Å². The number of hydrogen-bond donors (Lipinski definition) is 6. The number of nitrogens with one attached hydrogen (secondary N) is 3. The van der Waals surface area contributed by atoms with Crippen LogP contribution in [0.3, 0.4) is 0 Å². The number of ether oxygens (including phenoxy) is 2. The first-order valence-corrected chi connectivity index (χ1v) is 22.0. The Labute approximate surface area is 351 Å². The van der Waals surface area contributed by atoms with E-state index in [-0.39, 0.29) is 27.5 Å². The number of fused-ring (bicyclic) bond motifs is 1. The highest BCUT2D eigenvalue weighted by Crippen LogP contribution is 2.72. The molecule has 5 atom stereocenters. The summed E-state index contributed by atoms with van der Waals surface area (Å²) in [4.78, 5) is 12.6. The molecule has 2 aromatic heterocycles. The SMILES string of the molecule is COCCC[NH+](C)CCOC12CC3(Cn4ncc(C5=CC=C(N6CCC/C(=C(C)/C(N)=N\c7nc8ccccc8s7)C6=N)NC5=C(O)O)c4C)C[C@@](C)(C1)C[C@](C)(C3)C2. The Balaban J connectivity index is 1.01. The first-order valence-electron chi connectivity index (χ1n) is 21.2. The van der Waals surface area contributed by atoms with Gasteiger partial charge in [-0.3, -0.25) is 10.1 Å². The Hall–Kier alpha value is -4.50. The minimum Gasteiger partial charge on any atom is -0.480 e. The average molecular weight is 825 g/mol. The predicted octanol–water partition coefficient (Wildman–Crippen LogP) is 6.68. The number of piperidine rings is 1. The third-order valence-electron chi connectivity index (χ3n) is 13.6. The number of likely N-dealkylation sites (N-methyl/N-ethyl adjacent to an activating group) is 1. The molecular formula is C45H62N9O4S+. The number of nitrogens with zero attached hydrogens (tertiary/aromatic N) is 5. The molecule has 59 heavy (non-hydrogen) atoms. The zero-order valence-corrected chi connectivity index (χ0v) is 36.4. The molecule has 7 N–H and O–H groups in total. The predicted molar refractivity (Wildman–Crippen MR) is 234 cm³/mol. The number of likely N-dealkylation sites (tertiary alicyclic amines) is 1. The summed E-state index contributed by atoms with van der Waals surface area (Å²) in [6.45, 7) is 14.0. The number of aliphatic imine (C=N–C) groups is 1. The van der Waals surface area contributed by atoms with Gasteiger partial charge in [-0.1, -0.05) is 37.3 Å². The van der Waals surface area contributed by atoms with Gasteiger partial charge in [-0.05, 0) is 111 Å². The molecular weight excluding hydrogens is 763 g/mol. The summed E-state index contributed by atoms with van der Waals surface area (Å²) >= 11 is 1.48. The van der Waals surface area contributed by atoms with E-state index in [9.17, 15) is 15.6 Å². The number of para-hydroxylation sites is 1. The molecule has 316 valence electrons. The first-order chi connectivity index (χ1) is 28.1. The number of aromatic nitrogens is 3. The van der Waals surface area contributed by atoms with Crippen molar-refractivity contribution in [1.29, 1.82) is 5.41 Å². The number of amidine groups is 2. The lowest BCUT2D eigenvalue weighted by Gasteiger charge is -2.69. The lowest BCUT2D eigenvalue weighted by atomic mass is 9.39. The van der Waals surface area contributed by atoms with E-state index < -0.39 is 5.95 Å². The van der Waals surface area contributed by atoms with Crippen molar-refractivity contribution in [2.24, 2.45) is 27.0 Å². The van der Waals surface area contributed by atoms with Gasteiger partial charge in [0.1, 0.15) is 29.7 Å². The number of aliphatic hydroxyl groups excluding tert-OH is 1. The number of allylic oxidation sites excluding steroid dienone is 3. The third kappa shape index (κ3) is 8.21. The van der Waals surface area contributed by atoms with Crippen LogP contribution in [0.25, 0.3) is 15.8 Å². The molecule has 6 aliphatic rings. The van der Waals surface area contributed by atoms with Gasteiger partial charge < -0.3 is 40.5 Å². The van der Waals surface area contributed by atoms with Crippen LogP contribution in [0, 0.1) is 28.6 Å². The molecule has 13 nitrogen and oxygen atoms in total. The molecule has 0 amide bonds. The highest BCUT2D eigenvalue weighted by molar-refractivity contribution is 7.22. The molecule has 3 aromatic rings. The van der Waals surface area contributed by atoms with Crippen molar-refractivity contribution in [3.63, 3.8) is 0 Å². The maximum Gasteiger partial charge on any atom is 0.299 e. The summed E-state index contributed by atoms with van der Waals surface area (Å²) in [6.07, 6.45) is 15.0. The normalized spacial score (nSPS) is 29.5. The maximum atomic E-state index is 10.7. The van der Waals surface area contributed by atoms with Gasteiger partial charge in [0.25, 0.3) is 5.95 Å². The lowest BCUT2D eigenvalue weighted by molar-refractivity contribution is -0.880. The molecule has 1 aromatic carbocycles. The minimum absolute atomic E-state index is 0.0635. The topological polar surface area (TPSA) is 172 Å². The number of aliphatic hydroxyl groups is 2. The number of hydrogen-bond acceptors (Lipinski definition) is 10. The van der Waals surface area contributed by atoms with E-state index in [0.29, 0.717) is 41.2 Å². The molecule has 0 radical (unpaired) electrons. The number of nitrogens with two attached hydrogens (primary N) is 1. The van der Waals surface area contributed by atoms with E-state index in [1.54, 1.807) is 7.11 Å². The fraction of sp³-hybridized carbons (Fsp3) is 0.556. The van der Waals surface area contributed by atoms with Crippen molar-refractivity contribution in [2.75, 3.05) is 47.0 Å². The molecule has 1 saturated heterocycles. The summed E-state index contributed by atoms with van der Waals surface area (Å²) in [5.74, 6) is 0.387. The van der Waals surface area contributed by atoms with Crippen LogP contribution in [0.15, 0.2) is 76.2 Å². The van der Waals surface area contributed by atoms with Gasteiger partial charge in [0.15, 0.2) is 0 Å². The molecule has 9 rings (SSSR count). The monoisotopic (exact) mass is 824 g/mol. The first kappa shape index (κ1) is 41.2. The summed E-state index contributed by atoms with van der Waals surface area (Å²) in [5.41, 5.74) is 12.0. The van der Waals surface area contributed by atoms with Crippen LogP contribution in [0.2, 0.25) is 0 Å². The standard InChI is InChI=1S/C45H61N9O4S/c1-29(38(46)51-41-49-34-12-7-8-13-35(34)59-41)31-11-9-17-53(39(31)47)36-15-14-32(37(50-36)40(55)56)33-21-48-54(30(33)2)28-44-23-42(3)22-43(4,24-44)26-45(25-42,27-44)58-20-18-52(5)16-10-19-57-6/h7-8,12-15,21,47,50,55-56H,9-11,16-20,22-28H2,1-6H3,(H2,46,49,51)/p+1/b31-29-,47-39?/t42-,43+,44?,45?. The number of rotatable bonds is 14. The van der Waals surface area contributed by atoms with Crippen LogP contribution in [-0.4, -0.2) is 94.2 Å². The zero-order chi connectivity index (χ0) is 41.7. The lowest BCUT2D eigenvalue weighted by Crippen LogP contribution is -3.09. The highest BCUT2D eigenvalue weighted by Gasteiger charge is 2.66. The Morgan fingerprint density at radius 2 is 1.83 bits per heavy atom. The molecule has 4 saturated carbocycles. The number of dihydropyridines is 1. The van der Waals surface area contributed by atoms with Crippen LogP contribution < -0.4 is 16.0 Å². The van der Waals surface area contributed by atoms with Gasteiger partial charge in [0.05, 0.1) is 48.8 Å². The van der Waals surface area contributed by atoms with Crippen LogP contribution in [0.1, 0.15) is 89.8 Å². The van der Waals surface area contributed by atoms with Gasteiger partial charge in [0.2, 0.25) is 5.13 Å². The smallest absolute Gasteiger partial charge is 0.299 e.